The molecule has 0 unspecified atom stereocenters. The van der Waals surface area contributed by atoms with E-state index in [4.69, 9.17) is 4.84 Å². The average Bonchev–Trinajstić information content (AvgIpc) is 2.66. The van der Waals surface area contributed by atoms with Crippen LogP contribution in [0.3, 0.4) is 0 Å². The van der Waals surface area contributed by atoms with Crippen LogP contribution in [0.4, 0.5) is 0 Å². The molecule has 0 aliphatic heterocycles. The molecule has 0 atom stereocenters. The van der Waals surface area contributed by atoms with Gasteiger partial charge in [0.15, 0.2) is 0 Å². The van der Waals surface area contributed by atoms with E-state index < -0.39 is 0 Å². The third-order valence-corrected chi connectivity index (χ3v) is 2.84. The molecule has 0 saturated carbocycles. The maximum atomic E-state index is 4.93. The minimum atomic E-state index is 0.925. The lowest BCUT2D eigenvalue weighted by molar-refractivity contribution is 0.214. The summed E-state index contributed by atoms with van der Waals surface area (Å²) in [6.45, 7) is 0. The van der Waals surface area contributed by atoms with E-state index in [1.165, 1.54) is 11.1 Å². The van der Waals surface area contributed by atoms with Crippen LogP contribution >= 0.6 is 0 Å². The van der Waals surface area contributed by atoms with Crippen molar-refractivity contribution in [1.29, 1.82) is 0 Å². The number of oxime groups is 1. The molecular weight excluding hydrogens is 198 g/mol. The fourth-order valence-electron chi connectivity index (χ4n) is 2.18. The van der Waals surface area contributed by atoms with Crippen molar-refractivity contribution in [2.24, 2.45) is 5.16 Å². The van der Waals surface area contributed by atoms with Gasteiger partial charge in [-0.25, -0.2) is 0 Å². The zero-order valence-corrected chi connectivity index (χ0v) is 8.97. The van der Waals surface area contributed by atoms with E-state index in [1.54, 1.807) is 7.11 Å². The molecule has 2 heteroatoms. The van der Waals surface area contributed by atoms with Crippen LogP contribution in [-0.2, 0) is 4.84 Å². The van der Waals surface area contributed by atoms with Gasteiger partial charge in [-0.05, 0) is 11.1 Å². The largest absolute Gasteiger partial charge is 0.399 e. The highest BCUT2D eigenvalue weighted by atomic mass is 16.6. The van der Waals surface area contributed by atoms with Crippen LogP contribution in [0.5, 0.6) is 0 Å². The number of rotatable bonds is 1. The van der Waals surface area contributed by atoms with Crippen LogP contribution < -0.4 is 0 Å². The van der Waals surface area contributed by atoms with Crippen LogP contribution in [0.1, 0.15) is 11.1 Å². The van der Waals surface area contributed by atoms with Crippen LogP contribution in [0.15, 0.2) is 53.7 Å². The number of nitrogens with zero attached hydrogens (tertiary/aromatic N) is 1. The first-order valence-corrected chi connectivity index (χ1v) is 5.22. The van der Waals surface area contributed by atoms with Gasteiger partial charge >= 0.3 is 0 Å². The summed E-state index contributed by atoms with van der Waals surface area (Å²) in [5.41, 5.74) is 5.67. The van der Waals surface area contributed by atoms with E-state index in [0.29, 0.717) is 0 Å². The summed E-state index contributed by atoms with van der Waals surface area (Å²) in [4.78, 5) is 4.93. The number of benzene rings is 2. The number of hydrogen-bond donors (Lipinski definition) is 0. The topological polar surface area (TPSA) is 21.6 Å². The Bertz CT molecular complexity index is 525. The molecular formula is C14H11NO. The Kier molecular flexibility index (Phi) is 2.00. The Morgan fingerprint density at radius 2 is 1.19 bits per heavy atom. The molecule has 0 N–H and O–H groups in total. The number of fused-ring (bicyclic) bond motifs is 3. The molecule has 2 aromatic rings. The summed E-state index contributed by atoms with van der Waals surface area (Å²) < 4.78 is 0. The molecule has 0 amide bonds. The van der Waals surface area contributed by atoms with E-state index in [9.17, 15) is 0 Å². The predicted octanol–water partition coefficient (Wildman–Crippen LogP) is 3.07. The van der Waals surface area contributed by atoms with Crippen LogP contribution in [-0.4, -0.2) is 12.8 Å². The number of hydrogen-bond acceptors (Lipinski definition) is 2. The summed E-state index contributed by atoms with van der Waals surface area (Å²) in [6.07, 6.45) is 0. The Labute approximate surface area is 94.2 Å². The lowest BCUT2D eigenvalue weighted by atomic mass is 10.1. The van der Waals surface area contributed by atoms with Crippen LogP contribution in [0.2, 0.25) is 0 Å². The second-order valence-electron chi connectivity index (χ2n) is 3.71. The predicted molar refractivity (Wildman–Crippen MR) is 64.5 cm³/mol. The second-order valence-corrected chi connectivity index (χ2v) is 3.71. The van der Waals surface area contributed by atoms with Crippen LogP contribution in [0.25, 0.3) is 11.1 Å². The van der Waals surface area contributed by atoms with Crippen molar-refractivity contribution in [2.75, 3.05) is 7.11 Å². The van der Waals surface area contributed by atoms with E-state index in [1.807, 2.05) is 24.3 Å². The first kappa shape index (κ1) is 9.16. The maximum Gasteiger partial charge on any atom is 0.118 e. The van der Waals surface area contributed by atoms with E-state index in [-0.39, 0.29) is 0 Å². The molecule has 78 valence electrons. The van der Waals surface area contributed by atoms with Crippen molar-refractivity contribution in [3.63, 3.8) is 0 Å². The Hall–Kier alpha value is -2.09. The molecule has 0 radical (unpaired) electrons. The molecule has 0 aromatic heterocycles. The quantitative estimate of drug-likeness (QED) is 0.564. The average molecular weight is 209 g/mol. The van der Waals surface area contributed by atoms with Gasteiger partial charge in [-0.15, -0.1) is 0 Å². The maximum absolute atomic E-state index is 4.93. The van der Waals surface area contributed by atoms with Gasteiger partial charge in [0.1, 0.15) is 12.8 Å². The lowest BCUT2D eigenvalue weighted by Crippen LogP contribution is -1.98. The normalized spacial score (nSPS) is 11.9. The molecule has 2 aromatic carbocycles. The summed E-state index contributed by atoms with van der Waals surface area (Å²) in [6, 6.07) is 16.5. The van der Waals surface area contributed by atoms with Crippen molar-refractivity contribution < 1.29 is 4.84 Å². The highest BCUT2D eigenvalue weighted by molar-refractivity contribution is 6.24. The first-order chi connectivity index (χ1) is 7.92. The van der Waals surface area contributed by atoms with E-state index >= 15 is 0 Å². The fourth-order valence-corrected chi connectivity index (χ4v) is 2.18. The summed E-state index contributed by atoms with van der Waals surface area (Å²) in [7, 11) is 1.58. The SMILES string of the molecule is CON=C1c2ccccc2-c2ccccc21. The summed E-state index contributed by atoms with van der Waals surface area (Å²) >= 11 is 0. The lowest BCUT2D eigenvalue weighted by Gasteiger charge is -1.98. The van der Waals surface area contributed by atoms with Gasteiger partial charge in [0.05, 0.1) is 0 Å². The monoisotopic (exact) mass is 209 g/mol. The third kappa shape index (κ3) is 1.16. The Morgan fingerprint density at radius 3 is 1.62 bits per heavy atom. The molecule has 16 heavy (non-hydrogen) atoms. The van der Waals surface area contributed by atoms with Crippen molar-refractivity contribution >= 4 is 5.71 Å². The van der Waals surface area contributed by atoms with Gasteiger partial charge in [-0.1, -0.05) is 53.7 Å². The smallest absolute Gasteiger partial charge is 0.118 e. The van der Waals surface area contributed by atoms with Crippen molar-refractivity contribution in [2.45, 2.75) is 0 Å². The van der Waals surface area contributed by atoms with Gasteiger partial charge in [-0.2, -0.15) is 0 Å². The molecule has 2 nitrogen and oxygen atoms in total. The molecule has 3 rings (SSSR count). The van der Waals surface area contributed by atoms with Gasteiger partial charge in [0, 0.05) is 11.1 Å². The highest BCUT2D eigenvalue weighted by Crippen LogP contribution is 2.36. The fraction of sp³-hybridized carbons (Fsp3) is 0.0714. The Balaban J connectivity index is 2.34. The van der Waals surface area contributed by atoms with Crippen LogP contribution in [0, 0.1) is 0 Å². The molecule has 1 aliphatic rings. The molecule has 0 saturated heterocycles. The Morgan fingerprint density at radius 1 is 0.750 bits per heavy atom. The molecule has 0 spiro atoms. The summed E-state index contributed by atoms with van der Waals surface area (Å²) in [5, 5.41) is 4.12. The minimum absolute atomic E-state index is 0.925. The highest BCUT2D eigenvalue weighted by Gasteiger charge is 2.24. The molecule has 0 heterocycles. The van der Waals surface area contributed by atoms with Gasteiger partial charge < -0.3 is 4.84 Å². The second kappa shape index (κ2) is 3.49. The minimum Gasteiger partial charge on any atom is -0.399 e. The summed E-state index contributed by atoms with van der Waals surface area (Å²) in [5.74, 6) is 0. The zero-order valence-electron chi connectivity index (χ0n) is 8.97. The first-order valence-electron chi connectivity index (χ1n) is 5.22. The molecule has 0 fully saturated rings. The van der Waals surface area contributed by atoms with Gasteiger partial charge in [-0.3, -0.25) is 0 Å². The van der Waals surface area contributed by atoms with Crippen molar-refractivity contribution in [1.82, 2.24) is 0 Å². The molecule has 0 bridgehead atoms. The van der Waals surface area contributed by atoms with E-state index in [0.717, 1.165) is 16.8 Å². The van der Waals surface area contributed by atoms with Gasteiger partial charge in [0.2, 0.25) is 0 Å². The van der Waals surface area contributed by atoms with Gasteiger partial charge in [0.25, 0.3) is 0 Å². The standard InChI is InChI=1S/C14H11NO/c1-16-15-14-12-8-4-2-6-10(12)11-7-3-5-9-13(11)14/h2-9H,1H3. The third-order valence-electron chi connectivity index (χ3n) is 2.84. The molecule has 1 aliphatic carbocycles. The van der Waals surface area contributed by atoms with Crippen molar-refractivity contribution in [3.8, 4) is 11.1 Å². The zero-order chi connectivity index (χ0) is 11.0. The van der Waals surface area contributed by atoms with Crippen molar-refractivity contribution in [3.05, 3.63) is 59.7 Å². The van der Waals surface area contributed by atoms with E-state index in [2.05, 4.69) is 29.4 Å².